The van der Waals surface area contributed by atoms with Crippen molar-refractivity contribution < 1.29 is 13.2 Å². The summed E-state index contributed by atoms with van der Waals surface area (Å²) in [5.74, 6) is -3.33. The summed E-state index contributed by atoms with van der Waals surface area (Å²) in [6, 6.07) is 2.16. The van der Waals surface area contributed by atoms with Crippen molar-refractivity contribution in [3.8, 4) is 0 Å². The highest BCUT2D eigenvalue weighted by Gasteiger charge is 2.26. The summed E-state index contributed by atoms with van der Waals surface area (Å²) < 4.78 is 38.8. The molecule has 2 N–H and O–H groups in total. The Hall–Kier alpha value is -1.07. The molecular weight excluding hydrogens is 229 g/mol. The molecule has 0 spiro atoms. The number of nitrogens with zero attached hydrogens (tertiary/aromatic N) is 1. The first-order valence-corrected chi connectivity index (χ1v) is 5.58. The molecule has 1 aliphatic rings. The van der Waals surface area contributed by atoms with Gasteiger partial charge in [-0.1, -0.05) is 6.92 Å². The molecule has 1 aliphatic heterocycles. The van der Waals surface area contributed by atoms with Crippen LogP contribution in [0.25, 0.3) is 0 Å². The van der Waals surface area contributed by atoms with Gasteiger partial charge in [-0.3, -0.25) is 4.90 Å². The minimum absolute atomic E-state index is 0.0881. The Morgan fingerprint density at radius 1 is 1.24 bits per heavy atom. The van der Waals surface area contributed by atoms with Crippen LogP contribution in [0.15, 0.2) is 12.1 Å². The fourth-order valence-corrected chi connectivity index (χ4v) is 2.18. The molecule has 0 radical (unpaired) electrons. The first kappa shape index (κ1) is 12.4. The van der Waals surface area contributed by atoms with E-state index in [-0.39, 0.29) is 6.04 Å². The van der Waals surface area contributed by atoms with Crippen molar-refractivity contribution in [3.05, 3.63) is 35.1 Å². The Balaban J connectivity index is 2.10. The predicted molar refractivity (Wildman–Crippen MR) is 58.7 cm³/mol. The van der Waals surface area contributed by atoms with E-state index in [0.717, 1.165) is 18.7 Å². The molecule has 1 aromatic carbocycles. The molecule has 94 valence electrons. The summed E-state index contributed by atoms with van der Waals surface area (Å²) >= 11 is 0. The molecule has 2 unspecified atom stereocenters. The number of halogens is 3. The highest BCUT2D eigenvalue weighted by atomic mass is 19.2. The first-order valence-electron chi connectivity index (χ1n) is 5.58. The molecule has 1 saturated heterocycles. The second-order valence-electron chi connectivity index (χ2n) is 4.71. The van der Waals surface area contributed by atoms with Crippen LogP contribution in [0.2, 0.25) is 0 Å². The molecule has 0 aliphatic carbocycles. The van der Waals surface area contributed by atoms with Gasteiger partial charge in [-0.25, -0.2) is 13.2 Å². The average Bonchev–Trinajstić information content (AvgIpc) is 2.54. The van der Waals surface area contributed by atoms with E-state index in [0.29, 0.717) is 24.6 Å². The molecule has 2 rings (SSSR count). The van der Waals surface area contributed by atoms with Crippen molar-refractivity contribution >= 4 is 0 Å². The fourth-order valence-electron chi connectivity index (χ4n) is 2.18. The van der Waals surface area contributed by atoms with Crippen LogP contribution in [0, 0.1) is 23.4 Å². The molecule has 0 amide bonds. The maximum atomic E-state index is 13.0. The van der Waals surface area contributed by atoms with Crippen LogP contribution < -0.4 is 5.73 Å². The highest BCUT2D eigenvalue weighted by Crippen LogP contribution is 2.19. The molecule has 1 heterocycles. The highest BCUT2D eigenvalue weighted by molar-refractivity contribution is 5.19. The SMILES string of the molecule is CC1CN(Cc2cc(F)c(F)c(F)c2)CC1N. The molecule has 0 saturated carbocycles. The Morgan fingerprint density at radius 2 is 1.82 bits per heavy atom. The van der Waals surface area contributed by atoms with Gasteiger partial charge in [0.05, 0.1) is 0 Å². The van der Waals surface area contributed by atoms with E-state index in [1.165, 1.54) is 0 Å². The zero-order valence-electron chi connectivity index (χ0n) is 9.59. The third-order valence-corrected chi connectivity index (χ3v) is 3.20. The van der Waals surface area contributed by atoms with Crippen LogP contribution in [0.4, 0.5) is 13.2 Å². The molecule has 2 nitrogen and oxygen atoms in total. The van der Waals surface area contributed by atoms with Gasteiger partial charge in [-0.05, 0) is 23.6 Å². The van der Waals surface area contributed by atoms with Crippen molar-refractivity contribution in [2.45, 2.75) is 19.5 Å². The van der Waals surface area contributed by atoms with Crippen LogP contribution in [-0.4, -0.2) is 24.0 Å². The minimum Gasteiger partial charge on any atom is -0.326 e. The van der Waals surface area contributed by atoms with E-state index in [2.05, 4.69) is 0 Å². The zero-order valence-corrected chi connectivity index (χ0v) is 9.59. The van der Waals surface area contributed by atoms with E-state index < -0.39 is 17.5 Å². The number of benzene rings is 1. The van der Waals surface area contributed by atoms with E-state index in [1.807, 2.05) is 11.8 Å². The summed E-state index contributed by atoms with van der Waals surface area (Å²) in [5.41, 5.74) is 6.29. The van der Waals surface area contributed by atoms with Gasteiger partial charge in [0.1, 0.15) is 0 Å². The molecule has 1 aromatic rings. The summed E-state index contributed by atoms with van der Waals surface area (Å²) in [6.07, 6.45) is 0. The lowest BCUT2D eigenvalue weighted by molar-refractivity contribution is 0.316. The molecule has 1 fully saturated rings. The first-order chi connectivity index (χ1) is 7.97. The van der Waals surface area contributed by atoms with E-state index in [9.17, 15) is 13.2 Å². The van der Waals surface area contributed by atoms with Gasteiger partial charge in [0.25, 0.3) is 0 Å². The van der Waals surface area contributed by atoms with Gasteiger partial charge >= 0.3 is 0 Å². The van der Waals surface area contributed by atoms with Gasteiger partial charge in [-0.2, -0.15) is 0 Å². The van der Waals surface area contributed by atoms with Crippen LogP contribution in [0.5, 0.6) is 0 Å². The van der Waals surface area contributed by atoms with E-state index >= 15 is 0 Å². The number of hydrogen-bond donors (Lipinski definition) is 1. The van der Waals surface area contributed by atoms with Gasteiger partial charge in [0.15, 0.2) is 17.5 Å². The lowest BCUT2D eigenvalue weighted by atomic mass is 10.1. The number of rotatable bonds is 2. The van der Waals surface area contributed by atoms with Gasteiger partial charge in [0.2, 0.25) is 0 Å². The zero-order chi connectivity index (χ0) is 12.6. The quantitative estimate of drug-likeness (QED) is 0.805. The summed E-state index contributed by atoms with van der Waals surface area (Å²) in [4.78, 5) is 2.02. The summed E-state index contributed by atoms with van der Waals surface area (Å²) in [7, 11) is 0. The monoisotopic (exact) mass is 244 g/mol. The van der Waals surface area contributed by atoms with Gasteiger partial charge < -0.3 is 5.73 Å². The maximum absolute atomic E-state index is 13.0. The topological polar surface area (TPSA) is 29.3 Å². The number of hydrogen-bond acceptors (Lipinski definition) is 2. The van der Waals surface area contributed by atoms with Crippen LogP contribution in [0.3, 0.4) is 0 Å². The van der Waals surface area contributed by atoms with Gasteiger partial charge in [0, 0.05) is 25.7 Å². The Labute approximate surface area is 98.2 Å². The lowest BCUT2D eigenvalue weighted by Crippen LogP contribution is -2.28. The van der Waals surface area contributed by atoms with Crippen molar-refractivity contribution in [2.75, 3.05) is 13.1 Å². The molecule has 17 heavy (non-hydrogen) atoms. The smallest absolute Gasteiger partial charge is 0.194 e. The van der Waals surface area contributed by atoms with Crippen molar-refractivity contribution in [3.63, 3.8) is 0 Å². The Bertz CT molecular complexity index is 389. The van der Waals surface area contributed by atoms with E-state index in [1.54, 1.807) is 0 Å². The minimum atomic E-state index is -1.42. The third kappa shape index (κ3) is 2.61. The molecular formula is C12H15F3N2. The van der Waals surface area contributed by atoms with Crippen molar-refractivity contribution in [1.82, 2.24) is 4.90 Å². The second-order valence-corrected chi connectivity index (χ2v) is 4.71. The Kier molecular flexibility index (Phi) is 3.40. The fraction of sp³-hybridized carbons (Fsp3) is 0.500. The summed E-state index contributed by atoms with van der Waals surface area (Å²) in [5, 5.41) is 0. The molecule has 0 aromatic heterocycles. The normalized spacial score (nSPS) is 25.5. The van der Waals surface area contributed by atoms with Crippen LogP contribution in [-0.2, 0) is 6.54 Å². The number of likely N-dealkylation sites (tertiary alicyclic amines) is 1. The average molecular weight is 244 g/mol. The van der Waals surface area contributed by atoms with Gasteiger partial charge in [-0.15, -0.1) is 0 Å². The molecule has 0 bridgehead atoms. The Morgan fingerprint density at radius 3 is 2.29 bits per heavy atom. The summed E-state index contributed by atoms with van der Waals surface area (Å²) in [6.45, 7) is 3.92. The second kappa shape index (κ2) is 4.66. The van der Waals surface area contributed by atoms with E-state index in [4.69, 9.17) is 5.73 Å². The van der Waals surface area contributed by atoms with Crippen LogP contribution in [0.1, 0.15) is 12.5 Å². The lowest BCUT2D eigenvalue weighted by Gasteiger charge is -2.15. The van der Waals surface area contributed by atoms with Crippen LogP contribution >= 0.6 is 0 Å². The number of nitrogens with two attached hydrogens (primary N) is 1. The molecule has 2 atom stereocenters. The predicted octanol–water partition coefficient (Wildman–Crippen LogP) is 1.88. The standard InChI is InChI=1S/C12H15F3N2/c1-7-4-17(6-11(7)16)5-8-2-9(13)12(15)10(14)3-8/h2-3,7,11H,4-6,16H2,1H3. The van der Waals surface area contributed by atoms with Crippen molar-refractivity contribution in [1.29, 1.82) is 0 Å². The third-order valence-electron chi connectivity index (χ3n) is 3.20. The van der Waals surface area contributed by atoms with Crippen molar-refractivity contribution in [2.24, 2.45) is 11.7 Å². The maximum Gasteiger partial charge on any atom is 0.194 e. The molecule has 5 heteroatoms. The largest absolute Gasteiger partial charge is 0.326 e.